The number of hydrogen-bond donors (Lipinski definition) is 2. The first-order valence-electron chi connectivity index (χ1n) is 6.23. The third-order valence-electron chi connectivity index (χ3n) is 2.26. The van der Waals surface area contributed by atoms with E-state index in [4.69, 9.17) is 10.5 Å². The Bertz CT molecular complexity index is 423. The Balaban J connectivity index is 2.44. The molecule has 7 heteroatoms. The van der Waals surface area contributed by atoms with Gasteiger partial charge in [0, 0.05) is 6.54 Å². The molecule has 0 fully saturated rings. The van der Waals surface area contributed by atoms with E-state index in [0.717, 1.165) is 0 Å². The highest BCUT2D eigenvalue weighted by Crippen LogP contribution is 2.29. The van der Waals surface area contributed by atoms with Gasteiger partial charge in [-0.3, -0.25) is 0 Å². The Hall–Kier alpha value is -1.63. The second-order valence-electron chi connectivity index (χ2n) is 4.48. The highest BCUT2D eigenvalue weighted by Gasteiger charge is 2.27. The van der Waals surface area contributed by atoms with Crippen LogP contribution in [0.15, 0.2) is 18.2 Å². The van der Waals surface area contributed by atoms with Gasteiger partial charge >= 0.3 is 6.18 Å². The molecule has 0 atom stereocenters. The molecule has 0 saturated carbocycles. The van der Waals surface area contributed by atoms with Crippen LogP contribution in [0.5, 0.6) is 5.75 Å². The van der Waals surface area contributed by atoms with Gasteiger partial charge in [-0.2, -0.15) is 13.2 Å². The van der Waals surface area contributed by atoms with E-state index in [-0.39, 0.29) is 19.3 Å². The molecule has 0 aromatic heterocycles. The Labute approximate surface area is 116 Å². The molecule has 0 aliphatic rings. The number of rotatable bonds is 7. The molecule has 0 aliphatic carbocycles. The molecule has 3 N–H and O–H groups in total. The number of halogens is 3. The Morgan fingerprint density at radius 1 is 1.30 bits per heavy atom. The number of nitrogens with one attached hydrogen (secondary N) is 1. The van der Waals surface area contributed by atoms with E-state index in [1.807, 2.05) is 13.8 Å². The van der Waals surface area contributed by atoms with Gasteiger partial charge in [0.1, 0.15) is 12.4 Å². The summed E-state index contributed by atoms with van der Waals surface area (Å²) in [6.45, 7) is 2.68. The van der Waals surface area contributed by atoms with Crippen molar-refractivity contribution in [1.29, 1.82) is 0 Å². The van der Waals surface area contributed by atoms with Crippen molar-refractivity contribution in [1.82, 2.24) is 0 Å². The van der Waals surface area contributed by atoms with Crippen LogP contribution >= 0.6 is 0 Å². The molecular formula is C13H19F3N2O2. The minimum Gasteiger partial charge on any atom is -0.489 e. The van der Waals surface area contributed by atoms with Gasteiger partial charge in [0.2, 0.25) is 0 Å². The van der Waals surface area contributed by atoms with Gasteiger partial charge in [-0.1, -0.05) is 6.07 Å². The fraction of sp³-hybridized carbons (Fsp3) is 0.538. The van der Waals surface area contributed by atoms with E-state index >= 15 is 0 Å². The summed E-state index contributed by atoms with van der Waals surface area (Å²) in [6, 6.07) is 5.22. The minimum absolute atomic E-state index is 0.0114. The van der Waals surface area contributed by atoms with Gasteiger partial charge in [0.05, 0.1) is 24.1 Å². The number of nitrogen functional groups attached to an aromatic ring is 1. The summed E-state index contributed by atoms with van der Waals surface area (Å²) in [5.41, 5.74) is 6.95. The molecule has 0 saturated heterocycles. The maximum absolute atomic E-state index is 11.9. The molecule has 0 amide bonds. The number of alkyl halides is 3. The average Bonchev–Trinajstić information content (AvgIpc) is 2.31. The summed E-state index contributed by atoms with van der Waals surface area (Å²) >= 11 is 0. The quantitative estimate of drug-likeness (QED) is 0.599. The van der Waals surface area contributed by atoms with Crippen molar-refractivity contribution in [2.75, 3.05) is 30.8 Å². The van der Waals surface area contributed by atoms with Crippen molar-refractivity contribution in [3.8, 4) is 5.75 Å². The van der Waals surface area contributed by atoms with Gasteiger partial charge in [-0.15, -0.1) is 0 Å². The molecule has 1 aromatic carbocycles. The van der Waals surface area contributed by atoms with Gasteiger partial charge in [0.15, 0.2) is 0 Å². The van der Waals surface area contributed by atoms with Gasteiger partial charge in [-0.05, 0) is 26.0 Å². The lowest BCUT2D eigenvalue weighted by Gasteiger charge is -2.16. The average molecular weight is 292 g/mol. The van der Waals surface area contributed by atoms with E-state index in [1.165, 1.54) is 0 Å². The van der Waals surface area contributed by atoms with Crippen molar-refractivity contribution in [2.45, 2.75) is 26.1 Å². The SMILES string of the molecule is CC(C)Oc1cccc(NCCOCC(F)(F)F)c1N. The largest absolute Gasteiger partial charge is 0.489 e. The Kier molecular flexibility index (Phi) is 5.94. The summed E-state index contributed by atoms with van der Waals surface area (Å²) < 4.78 is 45.6. The number of para-hydroxylation sites is 1. The van der Waals surface area contributed by atoms with Crippen molar-refractivity contribution in [3.63, 3.8) is 0 Å². The molecule has 114 valence electrons. The van der Waals surface area contributed by atoms with Crippen LogP contribution in [-0.4, -0.2) is 32.0 Å². The molecule has 0 spiro atoms. The van der Waals surface area contributed by atoms with Crippen molar-refractivity contribution in [3.05, 3.63) is 18.2 Å². The standard InChI is InChI=1S/C13H19F3N2O2/c1-9(2)20-11-5-3-4-10(12(11)17)18-6-7-19-8-13(14,15)16/h3-5,9,18H,6-8,17H2,1-2H3. The fourth-order valence-corrected chi connectivity index (χ4v) is 1.50. The lowest BCUT2D eigenvalue weighted by Crippen LogP contribution is -2.20. The lowest BCUT2D eigenvalue weighted by molar-refractivity contribution is -0.172. The number of benzene rings is 1. The summed E-state index contributed by atoms with van der Waals surface area (Å²) in [4.78, 5) is 0. The normalized spacial score (nSPS) is 11.7. The maximum Gasteiger partial charge on any atom is 0.411 e. The molecule has 1 rings (SSSR count). The Morgan fingerprint density at radius 2 is 2.00 bits per heavy atom. The maximum atomic E-state index is 11.9. The second-order valence-corrected chi connectivity index (χ2v) is 4.48. The smallest absolute Gasteiger partial charge is 0.411 e. The third-order valence-corrected chi connectivity index (χ3v) is 2.26. The molecule has 4 nitrogen and oxygen atoms in total. The van der Waals surface area contributed by atoms with Crippen molar-refractivity contribution < 1.29 is 22.6 Å². The summed E-state index contributed by atoms with van der Waals surface area (Å²) in [6.07, 6.45) is -4.31. The zero-order valence-corrected chi connectivity index (χ0v) is 11.5. The summed E-state index contributed by atoms with van der Waals surface area (Å²) in [5.74, 6) is 0.543. The van der Waals surface area contributed by atoms with Crippen LogP contribution < -0.4 is 15.8 Å². The first-order chi connectivity index (χ1) is 9.29. The van der Waals surface area contributed by atoms with Crippen LogP contribution in [0.25, 0.3) is 0 Å². The first-order valence-corrected chi connectivity index (χ1v) is 6.23. The molecule has 0 heterocycles. The van der Waals surface area contributed by atoms with Gasteiger partial charge in [-0.25, -0.2) is 0 Å². The first kappa shape index (κ1) is 16.4. The number of hydrogen-bond acceptors (Lipinski definition) is 4. The van der Waals surface area contributed by atoms with Crippen LogP contribution in [0.2, 0.25) is 0 Å². The van der Waals surface area contributed by atoms with E-state index in [2.05, 4.69) is 10.1 Å². The molecule has 0 bridgehead atoms. The topological polar surface area (TPSA) is 56.5 Å². The summed E-state index contributed by atoms with van der Waals surface area (Å²) in [7, 11) is 0. The van der Waals surface area contributed by atoms with Crippen LogP contribution in [0.4, 0.5) is 24.5 Å². The predicted octanol–water partition coefficient (Wildman–Crippen LogP) is 3.05. The number of anilines is 2. The molecular weight excluding hydrogens is 273 g/mol. The number of nitrogens with two attached hydrogens (primary N) is 1. The third kappa shape index (κ3) is 6.01. The number of ether oxygens (including phenoxy) is 2. The van der Waals surface area contributed by atoms with E-state index in [0.29, 0.717) is 17.1 Å². The van der Waals surface area contributed by atoms with Crippen molar-refractivity contribution in [2.24, 2.45) is 0 Å². The molecule has 0 unspecified atom stereocenters. The minimum atomic E-state index is -4.30. The fourth-order valence-electron chi connectivity index (χ4n) is 1.50. The second kappa shape index (κ2) is 7.23. The van der Waals surface area contributed by atoms with E-state index in [1.54, 1.807) is 18.2 Å². The Morgan fingerprint density at radius 3 is 2.60 bits per heavy atom. The lowest BCUT2D eigenvalue weighted by atomic mass is 10.2. The highest BCUT2D eigenvalue weighted by atomic mass is 19.4. The van der Waals surface area contributed by atoms with Gasteiger partial charge in [0.25, 0.3) is 0 Å². The monoisotopic (exact) mass is 292 g/mol. The van der Waals surface area contributed by atoms with Crippen LogP contribution in [0.3, 0.4) is 0 Å². The molecule has 1 aromatic rings. The van der Waals surface area contributed by atoms with Crippen molar-refractivity contribution >= 4 is 11.4 Å². The molecule has 20 heavy (non-hydrogen) atoms. The molecule has 0 aliphatic heterocycles. The van der Waals surface area contributed by atoms with E-state index < -0.39 is 12.8 Å². The van der Waals surface area contributed by atoms with Gasteiger partial charge < -0.3 is 20.5 Å². The predicted molar refractivity (Wildman–Crippen MR) is 72.0 cm³/mol. The zero-order chi connectivity index (χ0) is 15.2. The summed E-state index contributed by atoms with van der Waals surface area (Å²) in [5, 5.41) is 2.92. The van der Waals surface area contributed by atoms with E-state index in [9.17, 15) is 13.2 Å². The van der Waals surface area contributed by atoms with Crippen LogP contribution in [-0.2, 0) is 4.74 Å². The van der Waals surface area contributed by atoms with Crippen LogP contribution in [0.1, 0.15) is 13.8 Å². The molecule has 0 radical (unpaired) electrons. The highest BCUT2D eigenvalue weighted by molar-refractivity contribution is 5.72. The van der Waals surface area contributed by atoms with Crippen LogP contribution in [0, 0.1) is 0 Å². The zero-order valence-electron chi connectivity index (χ0n) is 11.5.